The van der Waals surface area contributed by atoms with Crippen molar-refractivity contribution in [3.8, 4) is 0 Å². The highest BCUT2D eigenvalue weighted by Gasteiger charge is 2.23. The molecule has 2 aromatic heterocycles. The first-order valence-corrected chi connectivity index (χ1v) is 9.77. The molecule has 0 saturated carbocycles. The zero-order valence-corrected chi connectivity index (χ0v) is 17.4. The average molecular weight is 413 g/mol. The van der Waals surface area contributed by atoms with Crippen LogP contribution in [0.3, 0.4) is 0 Å². The molecule has 0 unspecified atom stereocenters. The third-order valence-electron chi connectivity index (χ3n) is 4.84. The van der Waals surface area contributed by atoms with E-state index in [-0.39, 0.29) is 17.3 Å². The van der Waals surface area contributed by atoms with Crippen molar-refractivity contribution in [2.24, 2.45) is 5.10 Å². The summed E-state index contributed by atoms with van der Waals surface area (Å²) in [6.07, 6.45) is 3.28. The molecule has 2 aromatic carbocycles. The van der Waals surface area contributed by atoms with Gasteiger partial charge < -0.3 is 16.0 Å². The fraction of sp³-hybridized carbons (Fsp3) is 0.130. The molecule has 0 bridgehead atoms. The first-order chi connectivity index (χ1) is 15.0. The number of benzene rings is 2. The number of hydrogen-bond donors (Lipinski definition) is 2. The van der Waals surface area contributed by atoms with Crippen LogP contribution in [0.25, 0.3) is 22.2 Å². The molecule has 0 aliphatic heterocycles. The monoisotopic (exact) mass is 413 g/mol. The zero-order valence-electron chi connectivity index (χ0n) is 17.4. The lowest BCUT2D eigenvalue weighted by Gasteiger charge is -2.11. The number of carbonyl (C=O) groups excluding carboxylic acids is 1. The number of amides is 1. The van der Waals surface area contributed by atoms with Crippen LogP contribution >= 0.6 is 0 Å². The lowest BCUT2D eigenvalue weighted by atomic mass is 10.2. The molecular weight excluding hydrogens is 390 g/mol. The van der Waals surface area contributed by atoms with Crippen molar-refractivity contribution in [3.05, 3.63) is 72.3 Å². The predicted octanol–water partition coefficient (Wildman–Crippen LogP) is 3.03. The number of carbonyl (C=O) groups is 1. The lowest BCUT2D eigenvalue weighted by Crippen LogP contribution is -2.24. The van der Waals surface area contributed by atoms with Crippen LogP contribution in [0.15, 0.2) is 66.3 Å². The van der Waals surface area contributed by atoms with E-state index in [4.69, 9.17) is 5.73 Å². The number of anilines is 2. The average Bonchev–Trinajstić information content (AvgIpc) is 3.04. The minimum atomic E-state index is -0.351. The summed E-state index contributed by atoms with van der Waals surface area (Å²) in [5.41, 5.74) is 10.8. The van der Waals surface area contributed by atoms with E-state index < -0.39 is 0 Å². The highest BCUT2D eigenvalue weighted by molar-refractivity contribution is 6.10. The molecule has 0 aliphatic rings. The van der Waals surface area contributed by atoms with Gasteiger partial charge in [0.15, 0.2) is 5.65 Å². The number of nitrogen functional groups attached to an aromatic ring is 1. The minimum Gasteiger partial charge on any atom is -0.383 e. The molecule has 31 heavy (non-hydrogen) atoms. The third-order valence-corrected chi connectivity index (χ3v) is 4.84. The second kappa shape index (κ2) is 8.27. The molecule has 3 N–H and O–H groups in total. The largest absolute Gasteiger partial charge is 0.383 e. The van der Waals surface area contributed by atoms with E-state index in [9.17, 15) is 4.79 Å². The molecule has 4 rings (SSSR count). The van der Waals surface area contributed by atoms with Crippen LogP contribution in [0, 0.1) is 0 Å². The Balaban J connectivity index is 1.85. The van der Waals surface area contributed by atoms with E-state index in [1.165, 1.54) is 4.68 Å². The Morgan fingerprint density at radius 1 is 1.16 bits per heavy atom. The lowest BCUT2D eigenvalue weighted by molar-refractivity contribution is 0.0960. The van der Waals surface area contributed by atoms with E-state index in [0.717, 1.165) is 11.3 Å². The molecular formula is C23H23N7O. The van der Waals surface area contributed by atoms with Gasteiger partial charge in [0.1, 0.15) is 16.9 Å². The summed E-state index contributed by atoms with van der Waals surface area (Å²) >= 11 is 0. The van der Waals surface area contributed by atoms with E-state index in [1.807, 2.05) is 67.5 Å². The summed E-state index contributed by atoms with van der Waals surface area (Å²) in [4.78, 5) is 24.1. The topological polar surface area (TPSA) is 101 Å². The fourth-order valence-corrected chi connectivity index (χ4v) is 3.22. The quantitative estimate of drug-likeness (QED) is 0.374. The number of aromatic nitrogens is 3. The van der Waals surface area contributed by atoms with Crippen molar-refractivity contribution in [3.63, 3.8) is 0 Å². The van der Waals surface area contributed by atoms with Crippen LogP contribution < -0.4 is 16.0 Å². The van der Waals surface area contributed by atoms with Gasteiger partial charge >= 0.3 is 0 Å². The Bertz CT molecular complexity index is 1300. The molecule has 0 atom stereocenters. The van der Waals surface area contributed by atoms with Crippen molar-refractivity contribution in [2.45, 2.75) is 0 Å². The maximum atomic E-state index is 12.8. The maximum absolute atomic E-state index is 12.8. The molecule has 2 heterocycles. The van der Waals surface area contributed by atoms with Gasteiger partial charge in [-0.1, -0.05) is 30.3 Å². The SMILES string of the molecule is C=CCNC(=O)c1c(N)n(N=Cc2ccc(N(C)C)cc2)c2nc3ccccc3nc12. The molecule has 8 heteroatoms. The van der Waals surface area contributed by atoms with Crippen molar-refractivity contribution < 1.29 is 4.79 Å². The van der Waals surface area contributed by atoms with Crippen molar-refractivity contribution in [1.29, 1.82) is 0 Å². The first kappa shape index (κ1) is 20.1. The van der Waals surface area contributed by atoms with Crippen LogP contribution in [0.5, 0.6) is 0 Å². The van der Waals surface area contributed by atoms with Gasteiger partial charge in [-0.25, -0.2) is 9.97 Å². The number of hydrogen-bond acceptors (Lipinski definition) is 6. The van der Waals surface area contributed by atoms with Crippen LogP contribution in [-0.2, 0) is 0 Å². The molecule has 1 amide bonds. The summed E-state index contributed by atoms with van der Waals surface area (Å²) in [6.45, 7) is 3.94. The molecule has 8 nitrogen and oxygen atoms in total. The molecule has 0 saturated heterocycles. The van der Waals surface area contributed by atoms with E-state index in [2.05, 4.69) is 27.0 Å². The van der Waals surface area contributed by atoms with E-state index in [1.54, 1.807) is 12.3 Å². The highest BCUT2D eigenvalue weighted by Crippen LogP contribution is 2.27. The second-order valence-corrected chi connectivity index (χ2v) is 7.19. The van der Waals surface area contributed by atoms with Crippen molar-refractivity contribution >= 4 is 45.8 Å². The van der Waals surface area contributed by atoms with Crippen LogP contribution in [0.2, 0.25) is 0 Å². The Hall–Kier alpha value is -4.20. The Labute approximate surface area is 179 Å². The predicted molar refractivity (Wildman–Crippen MR) is 126 cm³/mol. The number of rotatable bonds is 6. The summed E-state index contributed by atoms with van der Waals surface area (Å²) in [7, 11) is 3.97. The summed E-state index contributed by atoms with van der Waals surface area (Å²) in [5.74, 6) is -0.177. The van der Waals surface area contributed by atoms with Gasteiger partial charge in [0.2, 0.25) is 0 Å². The number of nitrogens with zero attached hydrogens (tertiary/aromatic N) is 5. The Morgan fingerprint density at radius 3 is 2.48 bits per heavy atom. The summed E-state index contributed by atoms with van der Waals surface area (Å²) in [6, 6.07) is 15.4. The van der Waals surface area contributed by atoms with Gasteiger partial charge in [-0.2, -0.15) is 9.78 Å². The van der Waals surface area contributed by atoms with Crippen LogP contribution in [-0.4, -0.2) is 47.4 Å². The standard InChI is InChI=1S/C23H23N7O/c1-4-13-25-23(31)19-20-22(28-18-8-6-5-7-17(18)27-20)30(21(19)24)26-14-15-9-11-16(12-10-15)29(2)3/h4-12,14H,1,13,24H2,2-3H3,(H,25,31). The highest BCUT2D eigenvalue weighted by atomic mass is 16.1. The molecule has 0 fully saturated rings. The summed E-state index contributed by atoms with van der Waals surface area (Å²) < 4.78 is 1.46. The Morgan fingerprint density at radius 2 is 1.84 bits per heavy atom. The summed E-state index contributed by atoms with van der Waals surface area (Å²) in [5, 5.41) is 7.28. The van der Waals surface area contributed by atoms with Crippen LogP contribution in [0.1, 0.15) is 15.9 Å². The number of para-hydroxylation sites is 2. The number of nitrogens with two attached hydrogens (primary N) is 1. The van der Waals surface area contributed by atoms with Crippen molar-refractivity contribution in [1.82, 2.24) is 20.0 Å². The smallest absolute Gasteiger partial charge is 0.257 e. The fourth-order valence-electron chi connectivity index (χ4n) is 3.22. The minimum absolute atomic E-state index is 0.174. The van der Waals surface area contributed by atoms with Crippen molar-refractivity contribution in [2.75, 3.05) is 31.3 Å². The van der Waals surface area contributed by atoms with E-state index >= 15 is 0 Å². The molecule has 0 aliphatic carbocycles. The molecule has 156 valence electrons. The maximum Gasteiger partial charge on any atom is 0.257 e. The number of nitrogens with one attached hydrogen (secondary N) is 1. The number of fused-ring (bicyclic) bond motifs is 2. The van der Waals surface area contributed by atoms with Gasteiger partial charge in [0, 0.05) is 26.3 Å². The molecule has 4 aromatic rings. The second-order valence-electron chi connectivity index (χ2n) is 7.19. The van der Waals surface area contributed by atoms with Gasteiger partial charge in [0.05, 0.1) is 17.2 Å². The van der Waals surface area contributed by atoms with Crippen LogP contribution in [0.4, 0.5) is 11.5 Å². The molecule has 0 spiro atoms. The first-order valence-electron chi connectivity index (χ1n) is 9.77. The molecule has 0 radical (unpaired) electrons. The zero-order chi connectivity index (χ0) is 22.0. The van der Waals surface area contributed by atoms with Gasteiger partial charge in [-0.05, 0) is 29.8 Å². The van der Waals surface area contributed by atoms with Gasteiger partial charge in [0.25, 0.3) is 5.91 Å². The normalized spacial score (nSPS) is 11.3. The Kier molecular flexibility index (Phi) is 5.36. The third kappa shape index (κ3) is 3.83. The van der Waals surface area contributed by atoms with Gasteiger partial charge in [-0.15, -0.1) is 6.58 Å². The van der Waals surface area contributed by atoms with Gasteiger partial charge in [-0.3, -0.25) is 4.79 Å². The van der Waals surface area contributed by atoms with E-state index in [0.29, 0.717) is 28.7 Å².